The Bertz CT molecular complexity index is 668. The van der Waals surface area contributed by atoms with Crippen LogP contribution in [-0.4, -0.2) is 31.1 Å². The molecular formula is C15H16F4N4. The summed E-state index contributed by atoms with van der Waals surface area (Å²) in [5, 5.41) is 0. The summed E-state index contributed by atoms with van der Waals surface area (Å²) in [4.78, 5) is 10.7. The smallest absolute Gasteiger partial charge is 0.363 e. The number of anilines is 2. The maximum atomic E-state index is 13.0. The average molecular weight is 328 g/mol. The van der Waals surface area contributed by atoms with Crippen LogP contribution in [0.2, 0.25) is 0 Å². The van der Waals surface area contributed by atoms with Crippen LogP contribution in [0.3, 0.4) is 0 Å². The van der Waals surface area contributed by atoms with Crippen molar-refractivity contribution < 1.29 is 17.6 Å². The van der Waals surface area contributed by atoms with E-state index in [1.807, 2.05) is 0 Å². The standard InChI is InChI=1S/C15H16F4N4/c1-22(2)13-8-12(15(17,18)19)20-14(21-13)23(3)9-10-4-6-11(16)7-5-10/h4-8H,9H2,1-3H3. The van der Waals surface area contributed by atoms with Crippen molar-refractivity contribution in [3.8, 4) is 0 Å². The van der Waals surface area contributed by atoms with Crippen LogP contribution in [-0.2, 0) is 12.7 Å². The van der Waals surface area contributed by atoms with Gasteiger partial charge in [0.25, 0.3) is 0 Å². The van der Waals surface area contributed by atoms with Gasteiger partial charge in [0, 0.05) is 33.8 Å². The molecular weight excluding hydrogens is 312 g/mol. The first-order chi connectivity index (χ1) is 10.7. The summed E-state index contributed by atoms with van der Waals surface area (Å²) in [6, 6.07) is 6.61. The van der Waals surface area contributed by atoms with E-state index in [2.05, 4.69) is 9.97 Å². The molecule has 124 valence electrons. The van der Waals surface area contributed by atoms with Gasteiger partial charge in [0.05, 0.1) is 0 Å². The minimum Gasteiger partial charge on any atom is -0.363 e. The van der Waals surface area contributed by atoms with Gasteiger partial charge in [-0.1, -0.05) is 12.1 Å². The fourth-order valence-electron chi connectivity index (χ4n) is 1.90. The van der Waals surface area contributed by atoms with Crippen LogP contribution in [0.1, 0.15) is 11.3 Å². The number of hydrogen-bond donors (Lipinski definition) is 0. The molecule has 1 aromatic heterocycles. The highest BCUT2D eigenvalue weighted by molar-refractivity contribution is 5.45. The molecule has 0 amide bonds. The van der Waals surface area contributed by atoms with Crippen LogP contribution in [0.15, 0.2) is 30.3 Å². The predicted molar refractivity (Wildman–Crippen MR) is 79.9 cm³/mol. The second-order valence-electron chi connectivity index (χ2n) is 5.29. The molecule has 0 saturated carbocycles. The molecule has 0 spiro atoms. The number of halogens is 4. The van der Waals surface area contributed by atoms with Crippen LogP contribution < -0.4 is 9.80 Å². The highest BCUT2D eigenvalue weighted by Crippen LogP contribution is 2.30. The topological polar surface area (TPSA) is 32.3 Å². The Morgan fingerprint density at radius 2 is 1.61 bits per heavy atom. The highest BCUT2D eigenvalue weighted by Gasteiger charge is 2.34. The summed E-state index contributed by atoms with van der Waals surface area (Å²) in [5.74, 6) is -0.261. The van der Waals surface area contributed by atoms with E-state index in [-0.39, 0.29) is 24.1 Å². The maximum absolute atomic E-state index is 13.0. The molecule has 2 aromatic rings. The molecule has 0 aliphatic heterocycles. The van der Waals surface area contributed by atoms with Crippen LogP contribution in [0.5, 0.6) is 0 Å². The van der Waals surface area contributed by atoms with Crippen molar-refractivity contribution in [3.05, 3.63) is 47.4 Å². The molecule has 0 bridgehead atoms. The molecule has 0 saturated heterocycles. The second kappa shape index (κ2) is 6.39. The summed E-state index contributed by atoms with van der Waals surface area (Å²) in [7, 11) is 4.79. The Morgan fingerprint density at radius 1 is 1.00 bits per heavy atom. The number of hydrogen-bond acceptors (Lipinski definition) is 4. The number of rotatable bonds is 4. The van der Waals surface area contributed by atoms with E-state index in [0.717, 1.165) is 11.6 Å². The van der Waals surface area contributed by atoms with E-state index in [9.17, 15) is 17.6 Å². The van der Waals surface area contributed by atoms with E-state index in [4.69, 9.17) is 0 Å². The zero-order valence-electron chi connectivity index (χ0n) is 12.9. The lowest BCUT2D eigenvalue weighted by atomic mass is 10.2. The monoisotopic (exact) mass is 328 g/mol. The fraction of sp³-hybridized carbons (Fsp3) is 0.333. The molecule has 1 heterocycles. The number of aromatic nitrogens is 2. The van der Waals surface area contributed by atoms with Crippen LogP contribution in [0.25, 0.3) is 0 Å². The lowest BCUT2D eigenvalue weighted by molar-refractivity contribution is -0.141. The summed E-state index contributed by atoms with van der Waals surface area (Å²) in [6.45, 7) is 0.258. The van der Waals surface area contributed by atoms with Gasteiger partial charge in [0.1, 0.15) is 11.6 Å². The molecule has 0 unspecified atom stereocenters. The third-order valence-corrected chi connectivity index (χ3v) is 3.12. The van der Waals surface area contributed by atoms with Gasteiger partial charge in [0.2, 0.25) is 5.95 Å². The maximum Gasteiger partial charge on any atom is 0.433 e. The van der Waals surface area contributed by atoms with Gasteiger partial charge < -0.3 is 9.80 Å². The Hall–Kier alpha value is -2.38. The Kier molecular flexibility index (Phi) is 4.72. The molecule has 2 rings (SSSR count). The number of nitrogens with zero attached hydrogens (tertiary/aromatic N) is 4. The van der Waals surface area contributed by atoms with E-state index in [1.54, 1.807) is 33.3 Å². The molecule has 23 heavy (non-hydrogen) atoms. The zero-order chi connectivity index (χ0) is 17.2. The molecule has 8 heteroatoms. The van der Waals surface area contributed by atoms with Crippen molar-refractivity contribution in [3.63, 3.8) is 0 Å². The van der Waals surface area contributed by atoms with E-state index < -0.39 is 11.9 Å². The van der Waals surface area contributed by atoms with Gasteiger partial charge in [-0.25, -0.2) is 9.37 Å². The highest BCUT2D eigenvalue weighted by atomic mass is 19.4. The molecule has 4 nitrogen and oxygen atoms in total. The van der Waals surface area contributed by atoms with Crippen LogP contribution in [0, 0.1) is 5.82 Å². The van der Waals surface area contributed by atoms with Gasteiger partial charge in [-0.15, -0.1) is 0 Å². The van der Waals surface area contributed by atoms with Crippen molar-refractivity contribution in [1.82, 2.24) is 9.97 Å². The summed E-state index contributed by atoms with van der Waals surface area (Å²) < 4.78 is 51.8. The molecule has 0 aliphatic carbocycles. The normalized spacial score (nSPS) is 11.4. The summed E-state index contributed by atoms with van der Waals surface area (Å²) >= 11 is 0. The van der Waals surface area contributed by atoms with Crippen LogP contribution in [0.4, 0.5) is 29.3 Å². The molecule has 0 N–H and O–H groups in total. The van der Waals surface area contributed by atoms with E-state index >= 15 is 0 Å². The minimum absolute atomic E-state index is 0.0483. The van der Waals surface area contributed by atoms with Crippen LogP contribution >= 0.6 is 0 Å². The van der Waals surface area contributed by atoms with Gasteiger partial charge in [0.15, 0.2) is 5.69 Å². The van der Waals surface area contributed by atoms with E-state index in [0.29, 0.717) is 0 Å². The largest absolute Gasteiger partial charge is 0.433 e. The summed E-state index contributed by atoms with van der Waals surface area (Å²) in [5.41, 5.74) is -0.265. The minimum atomic E-state index is -4.56. The molecule has 0 radical (unpaired) electrons. The first-order valence-electron chi connectivity index (χ1n) is 6.76. The number of alkyl halides is 3. The zero-order valence-corrected chi connectivity index (χ0v) is 12.9. The molecule has 1 aromatic carbocycles. The third kappa shape index (κ3) is 4.30. The van der Waals surface area contributed by atoms with Gasteiger partial charge in [-0.05, 0) is 17.7 Å². The molecule has 0 aliphatic rings. The van der Waals surface area contributed by atoms with Gasteiger partial charge in [-0.3, -0.25) is 0 Å². The summed E-state index contributed by atoms with van der Waals surface area (Å²) in [6.07, 6.45) is -4.56. The average Bonchev–Trinajstić information content (AvgIpc) is 2.48. The number of benzene rings is 1. The fourth-order valence-corrected chi connectivity index (χ4v) is 1.90. The van der Waals surface area contributed by atoms with Crippen molar-refractivity contribution in [2.24, 2.45) is 0 Å². The van der Waals surface area contributed by atoms with Crippen molar-refractivity contribution in [2.45, 2.75) is 12.7 Å². The van der Waals surface area contributed by atoms with Gasteiger partial charge in [-0.2, -0.15) is 18.2 Å². The second-order valence-corrected chi connectivity index (χ2v) is 5.29. The Balaban J connectivity index is 2.33. The lowest BCUT2D eigenvalue weighted by Crippen LogP contribution is -2.23. The lowest BCUT2D eigenvalue weighted by Gasteiger charge is -2.21. The first kappa shape index (κ1) is 17.0. The molecule has 0 fully saturated rings. The molecule has 0 atom stereocenters. The quantitative estimate of drug-likeness (QED) is 0.806. The Morgan fingerprint density at radius 3 is 2.13 bits per heavy atom. The van der Waals surface area contributed by atoms with Gasteiger partial charge >= 0.3 is 6.18 Å². The van der Waals surface area contributed by atoms with Crippen molar-refractivity contribution >= 4 is 11.8 Å². The van der Waals surface area contributed by atoms with E-state index in [1.165, 1.54) is 21.9 Å². The third-order valence-electron chi connectivity index (χ3n) is 3.12. The van der Waals surface area contributed by atoms with Crippen molar-refractivity contribution in [1.29, 1.82) is 0 Å². The first-order valence-corrected chi connectivity index (χ1v) is 6.76. The Labute approximate surface area is 131 Å². The van der Waals surface area contributed by atoms with Crippen molar-refractivity contribution in [2.75, 3.05) is 30.9 Å². The predicted octanol–water partition coefficient (Wildman–Crippen LogP) is 3.34. The SMILES string of the molecule is CN(C)c1cc(C(F)(F)F)nc(N(C)Cc2ccc(F)cc2)n1.